The highest BCUT2D eigenvalue weighted by Gasteiger charge is 2.36. The van der Waals surface area contributed by atoms with Gasteiger partial charge in [-0.05, 0) is 24.3 Å². The highest BCUT2D eigenvalue weighted by molar-refractivity contribution is 6.03. The molecular formula is C27H33FN4O5. The van der Waals surface area contributed by atoms with E-state index in [1.54, 1.807) is 50.6 Å². The molecule has 2 amide bonds. The van der Waals surface area contributed by atoms with Crippen LogP contribution in [0.25, 0.3) is 0 Å². The lowest BCUT2D eigenvalue weighted by Crippen LogP contribution is -2.46. The number of morpholine rings is 1. The quantitative estimate of drug-likeness (QED) is 0.514. The summed E-state index contributed by atoms with van der Waals surface area (Å²) in [5, 5.41) is 5.92. The van der Waals surface area contributed by atoms with Crippen LogP contribution in [0.15, 0.2) is 47.6 Å². The van der Waals surface area contributed by atoms with Gasteiger partial charge in [0.05, 0.1) is 39.2 Å². The largest absolute Gasteiger partial charge is 0.497 e. The van der Waals surface area contributed by atoms with Gasteiger partial charge < -0.3 is 19.1 Å². The van der Waals surface area contributed by atoms with E-state index in [1.807, 2.05) is 0 Å². The molecule has 0 unspecified atom stereocenters. The van der Waals surface area contributed by atoms with E-state index in [0.29, 0.717) is 54.6 Å². The molecule has 0 N–H and O–H groups in total. The van der Waals surface area contributed by atoms with Crippen molar-refractivity contribution in [1.29, 1.82) is 0 Å². The van der Waals surface area contributed by atoms with Crippen molar-refractivity contribution in [2.45, 2.75) is 19.4 Å². The minimum absolute atomic E-state index is 0.142. The van der Waals surface area contributed by atoms with Gasteiger partial charge in [-0.1, -0.05) is 18.2 Å². The summed E-state index contributed by atoms with van der Waals surface area (Å²) in [5.41, 5.74) is 1.47. The van der Waals surface area contributed by atoms with E-state index in [9.17, 15) is 14.0 Å². The summed E-state index contributed by atoms with van der Waals surface area (Å²) in [5.74, 6) is 0.179. The molecule has 10 heteroatoms. The van der Waals surface area contributed by atoms with Gasteiger partial charge in [0, 0.05) is 50.7 Å². The first-order valence-corrected chi connectivity index (χ1v) is 12.3. The Bertz CT molecular complexity index is 1150. The summed E-state index contributed by atoms with van der Waals surface area (Å²) in [6.45, 7) is 5.26. The SMILES string of the molecule is COc1ccc(OC)c([C@H]2CC(c3ccccc3F)=NN2C(=O)CN(CCN2CCOCC2)C(C)=O)c1. The molecule has 1 saturated heterocycles. The zero-order valence-corrected chi connectivity index (χ0v) is 21.5. The number of carbonyl (C=O) groups is 2. The normalized spacial score (nSPS) is 17.9. The number of nitrogens with zero attached hydrogens (tertiary/aromatic N) is 4. The van der Waals surface area contributed by atoms with Crippen LogP contribution in [0.2, 0.25) is 0 Å². The molecule has 0 spiro atoms. The fourth-order valence-electron chi connectivity index (χ4n) is 4.61. The van der Waals surface area contributed by atoms with Crippen molar-refractivity contribution in [2.24, 2.45) is 5.10 Å². The monoisotopic (exact) mass is 512 g/mol. The van der Waals surface area contributed by atoms with Gasteiger partial charge in [0.15, 0.2) is 0 Å². The number of ether oxygens (including phenoxy) is 3. The lowest BCUT2D eigenvalue weighted by Gasteiger charge is -2.30. The molecule has 2 aromatic carbocycles. The van der Waals surface area contributed by atoms with Gasteiger partial charge >= 0.3 is 0 Å². The van der Waals surface area contributed by atoms with Crippen molar-refractivity contribution < 1.29 is 28.2 Å². The second-order valence-corrected chi connectivity index (χ2v) is 8.99. The Kier molecular flexibility index (Phi) is 8.73. The zero-order valence-electron chi connectivity index (χ0n) is 21.5. The highest BCUT2D eigenvalue weighted by atomic mass is 19.1. The molecule has 198 valence electrons. The van der Waals surface area contributed by atoms with E-state index in [-0.39, 0.29) is 24.8 Å². The fraction of sp³-hybridized carbons (Fsp3) is 0.444. The fourth-order valence-corrected chi connectivity index (χ4v) is 4.61. The van der Waals surface area contributed by atoms with E-state index in [4.69, 9.17) is 14.2 Å². The molecule has 0 bridgehead atoms. The van der Waals surface area contributed by atoms with Crippen LogP contribution in [0, 0.1) is 5.82 Å². The number of rotatable bonds is 9. The molecule has 2 heterocycles. The smallest absolute Gasteiger partial charge is 0.262 e. The van der Waals surface area contributed by atoms with Crippen LogP contribution in [0.1, 0.15) is 30.5 Å². The third kappa shape index (κ3) is 6.26. The third-order valence-corrected chi connectivity index (χ3v) is 6.71. The minimum atomic E-state index is -0.555. The van der Waals surface area contributed by atoms with E-state index in [0.717, 1.165) is 13.1 Å². The van der Waals surface area contributed by atoms with Gasteiger partial charge in [0.1, 0.15) is 23.9 Å². The maximum absolute atomic E-state index is 14.7. The average Bonchev–Trinajstić information content (AvgIpc) is 3.36. The second-order valence-electron chi connectivity index (χ2n) is 8.99. The molecule has 2 aliphatic heterocycles. The number of hydrogen-bond donors (Lipinski definition) is 0. The molecule has 4 rings (SSSR count). The number of hydrazone groups is 1. The number of benzene rings is 2. The number of hydrogen-bond acceptors (Lipinski definition) is 7. The Hall–Kier alpha value is -3.50. The van der Waals surface area contributed by atoms with Crippen LogP contribution in [-0.4, -0.2) is 92.5 Å². The topological polar surface area (TPSA) is 83.9 Å². The van der Waals surface area contributed by atoms with E-state index in [2.05, 4.69) is 10.0 Å². The average molecular weight is 513 g/mol. The highest BCUT2D eigenvalue weighted by Crippen LogP contribution is 2.39. The summed E-state index contributed by atoms with van der Waals surface area (Å²) < 4.78 is 31.0. The van der Waals surface area contributed by atoms with Gasteiger partial charge in [-0.15, -0.1) is 0 Å². The van der Waals surface area contributed by atoms with Crippen molar-refractivity contribution in [3.63, 3.8) is 0 Å². The van der Waals surface area contributed by atoms with Gasteiger partial charge in [-0.25, -0.2) is 9.40 Å². The molecular weight excluding hydrogens is 479 g/mol. The van der Waals surface area contributed by atoms with Gasteiger partial charge in [-0.3, -0.25) is 14.5 Å². The van der Waals surface area contributed by atoms with Gasteiger partial charge in [-0.2, -0.15) is 5.10 Å². The second kappa shape index (κ2) is 12.2. The number of amides is 2. The van der Waals surface area contributed by atoms with Crippen molar-refractivity contribution >= 4 is 17.5 Å². The van der Waals surface area contributed by atoms with Gasteiger partial charge in [0.25, 0.3) is 5.91 Å². The lowest BCUT2D eigenvalue weighted by molar-refractivity contribution is -0.140. The molecule has 2 aromatic rings. The first-order valence-electron chi connectivity index (χ1n) is 12.3. The first kappa shape index (κ1) is 26.6. The third-order valence-electron chi connectivity index (χ3n) is 6.71. The minimum Gasteiger partial charge on any atom is -0.497 e. The Labute approximate surface area is 216 Å². The molecule has 9 nitrogen and oxygen atoms in total. The summed E-state index contributed by atoms with van der Waals surface area (Å²) in [7, 11) is 3.11. The van der Waals surface area contributed by atoms with Crippen LogP contribution in [-0.2, 0) is 14.3 Å². The molecule has 0 aliphatic carbocycles. The predicted molar refractivity (Wildman–Crippen MR) is 136 cm³/mol. The van der Waals surface area contributed by atoms with E-state index in [1.165, 1.54) is 22.9 Å². The maximum atomic E-state index is 14.7. The van der Waals surface area contributed by atoms with Crippen molar-refractivity contribution in [3.05, 3.63) is 59.4 Å². The number of methoxy groups -OCH3 is 2. The Morgan fingerprint density at radius 1 is 1.14 bits per heavy atom. The summed E-state index contributed by atoms with van der Waals surface area (Å²) in [4.78, 5) is 29.8. The van der Waals surface area contributed by atoms with Crippen molar-refractivity contribution in [3.8, 4) is 11.5 Å². The molecule has 1 fully saturated rings. The molecule has 37 heavy (non-hydrogen) atoms. The molecule has 2 aliphatic rings. The summed E-state index contributed by atoms with van der Waals surface area (Å²) in [6, 6.07) is 11.1. The molecule has 0 aromatic heterocycles. The summed E-state index contributed by atoms with van der Waals surface area (Å²) >= 11 is 0. The Morgan fingerprint density at radius 3 is 2.57 bits per heavy atom. The van der Waals surface area contributed by atoms with Crippen LogP contribution in [0.4, 0.5) is 4.39 Å². The maximum Gasteiger partial charge on any atom is 0.262 e. The van der Waals surface area contributed by atoms with E-state index < -0.39 is 11.9 Å². The van der Waals surface area contributed by atoms with Crippen LogP contribution in [0.3, 0.4) is 0 Å². The molecule has 0 saturated carbocycles. The van der Waals surface area contributed by atoms with E-state index >= 15 is 0 Å². The van der Waals surface area contributed by atoms with Crippen LogP contribution in [0.5, 0.6) is 11.5 Å². The summed E-state index contributed by atoms with van der Waals surface area (Å²) in [6.07, 6.45) is 0.282. The number of carbonyl (C=O) groups excluding carboxylic acids is 2. The molecule has 1 atom stereocenters. The van der Waals surface area contributed by atoms with Crippen LogP contribution >= 0.6 is 0 Å². The van der Waals surface area contributed by atoms with Crippen LogP contribution < -0.4 is 9.47 Å². The Morgan fingerprint density at radius 2 is 1.89 bits per heavy atom. The van der Waals surface area contributed by atoms with Crippen molar-refractivity contribution in [2.75, 3.05) is 60.2 Å². The Balaban J connectivity index is 1.61. The lowest BCUT2D eigenvalue weighted by atomic mass is 9.97. The first-order chi connectivity index (χ1) is 17.9. The molecule has 0 radical (unpaired) electrons. The predicted octanol–water partition coefficient (Wildman–Crippen LogP) is 2.70. The van der Waals surface area contributed by atoms with Gasteiger partial charge in [0.2, 0.25) is 5.91 Å². The van der Waals surface area contributed by atoms with Crippen molar-refractivity contribution in [1.82, 2.24) is 14.8 Å². The number of halogens is 1. The zero-order chi connectivity index (χ0) is 26.4. The standard InChI is InChI=1S/C27H33FN4O5/c1-19(33)31(11-10-30-12-14-37-15-13-30)18-27(34)32-25(22-16-20(35-2)8-9-26(22)36-3)17-24(29-32)21-6-4-5-7-23(21)28/h4-9,16,25H,10-15,17-18H2,1-3H3/t25-/m1/s1.